The molecule has 1 heterocycles. The van der Waals surface area contributed by atoms with Gasteiger partial charge in [-0.3, -0.25) is 9.13 Å². The molecule has 2 unspecified atom stereocenters. The van der Waals surface area contributed by atoms with E-state index in [4.69, 9.17) is 9.79 Å². The van der Waals surface area contributed by atoms with Crippen LogP contribution in [0.1, 0.15) is 0 Å². The quantitative estimate of drug-likeness (QED) is 0.519. The van der Waals surface area contributed by atoms with E-state index in [1.165, 1.54) is 0 Å². The van der Waals surface area contributed by atoms with Gasteiger partial charge in [0.1, 0.15) is 5.90 Å². The second-order valence-electron chi connectivity index (χ2n) is 2.28. The van der Waals surface area contributed by atoms with Crippen LogP contribution in [0.15, 0.2) is 0 Å². The average molecular weight is 170 g/mol. The van der Waals surface area contributed by atoms with Gasteiger partial charge in [-0.15, -0.1) is 0 Å². The Morgan fingerprint density at radius 1 is 1.00 bits per heavy atom. The molecule has 0 spiro atoms. The zero-order valence-electron chi connectivity index (χ0n) is 4.73. The van der Waals surface area contributed by atoms with Crippen LogP contribution in [-0.4, -0.2) is 28.0 Å². The monoisotopic (exact) mass is 170 g/mol. The van der Waals surface area contributed by atoms with Gasteiger partial charge in [0.25, 0.3) is 0 Å². The second kappa shape index (κ2) is 1.93. The topological polar surface area (TPSA) is 74.6 Å². The Kier molecular flexibility index (Phi) is 1.61. The Hall–Kier alpha value is 0.380. The predicted molar refractivity (Wildman–Crippen MR) is 34.3 cm³/mol. The lowest BCUT2D eigenvalue weighted by Crippen LogP contribution is -1.79. The zero-order valence-corrected chi connectivity index (χ0v) is 6.52. The minimum absolute atomic E-state index is 0.0147. The van der Waals surface area contributed by atoms with Crippen molar-refractivity contribution in [3.63, 3.8) is 0 Å². The largest absolute Gasteiger partial charge is 0.344 e. The van der Waals surface area contributed by atoms with Crippen LogP contribution >= 0.6 is 14.7 Å². The molecule has 0 saturated carbocycles. The lowest BCUT2D eigenvalue weighted by molar-refractivity contribution is 0.480. The van der Waals surface area contributed by atoms with Gasteiger partial charge in [-0.1, -0.05) is 0 Å². The molecule has 0 aromatic heterocycles. The van der Waals surface area contributed by atoms with Gasteiger partial charge in [-0.25, -0.2) is 0 Å². The van der Waals surface area contributed by atoms with Crippen molar-refractivity contribution in [2.75, 3.05) is 18.2 Å². The van der Waals surface area contributed by atoms with Gasteiger partial charge in [0.15, 0.2) is 0 Å². The summed E-state index contributed by atoms with van der Waals surface area (Å²) in [6, 6.07) is 0. The molecule has 6 heteroatoms. The van der Waals surface area contributed by atoms with Gasteiger partial charge in [0.05, 0.1) is 0 Å². The summed E-state index contributed by atoms with van der Waals surface area (Å²) < 4.78 is 21.3. The average Bonchev–Trinajstić information content (AvgIpc) is 1.78. The fourth-order valence-corrected chi connectivity index (χ4v) is 7.19. The van der Waals surface area contributed by atoms with Crippen molar-refractivity contribution >= 4 is 14.7 Å². The summed E-state index contributed by atoms with van der Waals surface area (Å²) in [6.45, 7) is 0. The van der Waals surface area contributed by atoms with E-state index in [9.17, 15) is 9.13 Å². The Labute approximate surface area is 52.8 Å². The van der Waals surface area contributed by atoms with E-state index in [1.54, 1.807) is 0 Å². The van der Waals surface area contributed by atoms with Crippen LogP contribution in [0.2, 0.25) is 0 Å². The molecule has 2 atom stereocenters. The van der Waals surface area contributed by atoms with Crippen molar-refractivity contribution in [3.8, 4) is 0 Å². The van der Waals surface area contributed by atoms with Gasteiger partial charge in [0, 0.05) is 12.3 Å². The molecule has 0 amide bonds. The fraction of sp³-hybridized carbons (Fsp3) is 1.00. The van der Waals surface area contributed by atoms with Gasteiger partial charge < -0.3 is 9.79 Å². The van der Waals surface area contributed by atoms with Crippen LogP contribution in [0.4, 0.5) is 0 Å². The number of hydrogen-bond acceptors (Lipinski definition) is 2. The second-order valence-corrected chi connectivity index (χ2v) is 7.69. The molecule has 0 radical (unpaired) electrons. The molecular weight excluding hydrogens is 162 g/mol. The molecule has 1 aliphatic heterocycles. The fourth-order valence-electron chi connectivity index (χ4n) is 0.799. The van der Waals surface area contributed by atoms with Gasteiger partial charge >= 0.3 is 0 Å². The maximum atomic E-state index is 10.7. The summed E-state index contributed by atoms with van der Waals surface area (Å²) in [5, 5.41) is 0. The van der Waals surface area contributed by atoms with Crippen molar-refractivity contribution in [1.82, 2.24) is 0 Å². The Morgan fingerprint density at radius 3 is 1.44 bits per heavy atom. The SMILES string of the molecule is O=P1(O)CCP(=O)(O)C1. The predicted octanol–water partition coefficient (Wildman–Crippen LogP) is 0.498. The third-order valence-electron chi connectivity index (χ3n) is 1.24. The van der Waals surface area contributed by atoms with Crippen LogP contribution in [0, 0.1) is 0 Å². The lowest BCUT2D eigenvalue weighted by Gasteiger charge is -1.98. The molecule has 9 heavy (non-hydrogen) atoms. The zero-order chi connectivity index (χ0) is 7.12. The molecule has 1 fully saturated rings. The molecular formula is C3H8O4P2. The molecule has 0 aromatic carbocycles. The first-order valence-electron chi connectivity index (χ1n) is 2.53. The van der Waals surface area contributed by atoms with Gasteiger partial charge in [-0.05, 0) is 0 Å². The van der Waals surface area contributed by atoms with Gasteiger partial charge in [0.2, 0.25) is 14.7 Å². The molecule has 0 aliphatic carbocycles. The molecule has 2 N–H and O–H groups in total. The molecule has 4 nitrogen and oxygen atoms in total. The van der Waals surface area contributed by atoms with Crippen LogP contribution in [0.5, 0.6) is 0 Å². The van der Waals surface area contributed by atoms with Crippen molar-refractivity contribution < 1.29 is 18.9 Å². The first-order valence-corrected chi connectivity index (χ1v) is 6.59. The van der Waals surface area contributed by atoms with E-state index in [1.807, 2.05) is 0 Å². The van der Waals surface area contributed by atoms with Crippen LogP contribution < -0.4 is 0 Å². The van der Waals surface area contributed by atoms with Crippen molar-refractivity contribution in [2.45, 2.75) is 0 Å². The first-order chi connectivity index (χ1) is 3.91. The minimum atomic E-state index is -3.18. The summed E-state index contributed by atoms with van der Waals surface area (Å²) >= 11 is 0. The van der Waals surface area contributed by atoms with Crippen LogP contribution in [0.3, 0.4) is 0 Å². The Morgan fingerprint density at radius 2 is 1.33 bits per heavy atom. The highest BCUT2D eigenvalue weighted by Gasteiger charge is 2.39. The smallest absolute Gasteiger partial charge is 0.210 e. The highest BCUT2D eigenvalue weighted by Crippen LogP contribution is 2.64. The normalized spacial score (nSPS) is 51.8. The molecule has 0 aromatic rings. The Balaban J connectivity index is 2.81. The van der Waals surface area contributed by atoms with E-state index < -0.39 is 14.7 Å². The standard InChI is InChI=1S/C3H8O4P2/c4-8(5)1-2-9(6,7)3-8/h1-3H2,(H,4,5)(H,6,7). The van der Waals surface area contributed by atoms with Crippen LogP contribution in [-0.2, 0) is 9.13 Å². The highest BCUT2D eigenvalue weighted by atomic mass is 31.2. The number of hydrogen-bond donors (Lipinski definition) is 2. The van der Waals surface area contributed by atoms with Crippen molar-refractivity contribution in [1.29, 1.82) is 0 Å². The third-order valence-corrected chi connectivity index (χ3v) is 6.97. The summed E-state index contributed by atoms with van der Waals surface area (Å²) in [6.07, 6.45) is 0.0293. The molecule has 1 saturated heterocycles. The maximum Gasteiger partial charge on any atom is 0.210 e. The summed E-state index contributed by atoms with van der Waals surface area (Å²) in [7, 11) is -6.36. The molecule has 0 bridgehead atoms. The van der Waals surface area contributed by atoms with E-state index in [0.717, 1.165) is 0 Å². The summed E-state index contributed by atoms with van der Waals surface area (Å²) in [5.74, 6) is -0.375. The third kappa shape index (κ3) is 1.91. The minimum Gasteiger partial charge on any atom is -0.344 e. The van der Waals surface area contributed by atoms with Gasteiger partial charge in [-0.2, -0.15) is 0 Å². The van der Waals surface area contributed by atoms with Crippen molar-refractivity contribution in [3.05, 3.63) is 0 Å². The van der Waals surface area contributed by atoms with E-state index >= 15 is 0 Å². The Bertz CT molecular complexity index is 188. The van der Waals surface area contributed by atoms with Crippen LogP contribution in [0.25, 0.3) is 0 Å². The molecule has 1 rings (SSSR count). The summed E-state index contributed by atoms with van der Waals surface area (Å²) in [5.41, 5.74) is 0. The van der Waals surface area contributed by atoms with E-state index in [-0.39, 0.29) is 18.2 Å². The van der Waals surface area contributed by atoms with E-state index in [0.29, 0.717) is 0 Å². The molecule has 1 aliphatic rings. The first kappa shape index (κ1) is 7.49. The van der Waals surface area contributed by atoms with E-state index in [2.05, 4.69) is 0 Å². The highest BCUT2D eigenvalue weighted by molar-refractivity contribution is 7.78. The van der Waals surface area contributed by atoms with Crippen molar-refractivity contribution in [2.24, 2.45) is 0 Å². The summed E-state index contributed by atoms with van der Waals surface area (Å²) in [4.78, 5) is 17.5. The maximum absolute atomic E-state index is 10.7. The number of rotatable bonds is 0. The lowest BCUT2D eigenvalue weighted by atomic mass is 11.0. The molecule has 54 valence electrons.